The van der Waals surface area contributed by atoms with Gasteiger partial charge in [-0.15, -0.1) is 0 Å². The Morgan fingerprint density at radius 2 is 1.90 bits per heavy atom. The van der Waals surface area contributed by atoms with E-state index in [4.69, 9.17) is 4.74 Å². The van der Waals surface area contributed by atoms with Gasteiger partial charge in [-0.2, -0.15) is 13.2 Å². The molecule has 1 amide bonds. The molecule has 0 fully saturated rings. The van der Waals surface area contributed by atoms with E-state index in [1.165, 1.54) is 6.92 Å². The van der Waals surface area contributed by atoms with Crippen molar-refractivity contribution < 1.29 is 32.3 Å². The number of H-pyrrole nitrogens is 1. The number of fused-ring (bicyclic) bond motifs is 3. The first kappa shape index (κ1) is 20.9. The maximum Gasteiger partial charge on any atom is 0.471 e. The number of carbonyl (C=O) groups is 3. The third kappa shape index (κ3) is 3.28. The Labute approximate surface area is 165 Å². The van der Waals surface area contributed by atoms with Crippen molar-refractivity contribution in [3.8, 4) is 0 Å². The number of alkyl halides is 3. The highest BCUT2D eigenvalue weighted by Crippen LogP contribution is 2.44. The molecule has 3 rings (SSSR count). The number of ether oxygens (including phenoxy) is 1. The summed E-state index contributed by atoms with van der Waals surface area (Å²) in [6.45, 7) is 2.72. The molecule has 9 heteroatoms. The van der Waals surface area contributed by atoms with Crippen molar-refractivity contribution in [1.82, 2.24) is 9.88 Å². The van der Waals surface area contributed by atoms with Crippen LogP contribution in [0.3, 0.4) is 0 Å². The van der Waals surface area contributed by atoms with Crippen molar-refractivity contribution >= 4 is 28.6 Å². The Morgan fingerprint density at radius 1 is 1.21 bits per heavy atom. The summed E-state index contributed by atoms with van der Waals surface area (Å²) in [4.78, 5) is 41.4. The minimum absolute atomic E-state index is 0.112. The van der Waals surface area contributed by atoms with Gasteiger partial charge in [-0.05, 0) is 31.4 Å². The maximum atomic E-state index is 13.4. The largest absolute Gasteiger partial charge is 0.471 e. The molecule has 1 aliphatic heterocycles. The van der Waals surface area contributed by atoms with E-state index in [0.29, 0.717) is 16.0 Å². The Balaban J connectivity index is 2.30. The topological polar surface area (TPSA) is 79.5 Å². The van der Waals surface area contributed by atoms with Crippen LogP contribution in [-0.4, -0.2) is 46.9 Å². The van der Waals surface area contributed by atoms with Crippen LogP contribution < -0.4 is 0 Å². The van der Waals surface area contributed by atoms with Crippen LogP contribution in [0.1, 0.15) is 37.9 Å². The molecular formula is C20H21F3N2O4. The lowest BCUT2D eigenvalue weighted by molar-refractivity contribution is -0.195. The maximum absolute atomic E-state index is 13.4. The number of ketones is 1. The third-order valence-corrected chi connectivity index (χ3v) is 5.21. The zero-order valence-corrected chi connectivity index (χ0v) is 16.1. The second kappa shape index (κ2) is 7.53. The van der Waals surface area contributed by atoms with E-state index in [2.05, 4.69) is 4.98 Å². The number of carbonyl (C=O) groups excluding carboxylic acids is 3. The number of para-hydroxylation sites is 1. The molecule has 1 aromatic heterocycles. The summed E-state index contributed by atoms with van der Waals surface area (Å²) in [7, 11) is 0. The second-order valence-electron chi connectivity index (χ2n) is 6.89. The van der Waals surface area contributed by atoms with E-state index in [1.807, 2.05) is 0 Å². The SMILES string of the molecule is CCCC1(C(=O)C(=O)OCC)c2[nH]c3ccccc3c2CCN1C(=O)C(F)(F)F. The lowest BCUT2D eigenvalue weighted by Crippen LogP contribution is -2.62. The first-order chi connectivity index (χ1) is 13.7. The number of halogens is 3. The summed E-state index contributed by atoms with van der Waals surface area (Å²) in [6.07, 6.45) is -4.94. The quantitative estimate of drug-likeness (QED) is 0.606. The van der Waals surface area contributed by atoms with Crippen molar-refractivity contribution in [3.63, 3.8) is 0 Å². The molecular weight excluding hydrogens is 389 g/mol. The molecule has 29 heavy (non-hydrogen) atoms. The highest BCUT2D eigenvalue weighted by Gasteiger charge is 2.58. The van der Waals surface area contributed by atoms with Crippen LogP contribution in [-0.2, 0) is 31.1 Å². The molecule has 1 aromatic carbocycles. The van der Waals surface area contributed by atoms with Crippen LogP contribution in [0.4, 0.5) is 13.2 Å². The van der Waals surface area contributed by atoms with Crippen molar-refractivity contribution in [2.24, 2.45) is 0 Å². The van der Waals surface area contributed by atoms with Gasteiger partial charge in [0.25, 0.3) is 5.78 Å². The normalized spacial score (nSPS) is 19.1. The Kier molecular flexibility index (Phi) is 5.42. The molecule has 0 bridgehead atoms. The van der Waals surface area contributed by atoms with E-state index in [0.717, 1.165) is 5.39 Å². The fourth-order valence-corrected chi connectivity index (χ4v) is 4.13. The Bertz CT molecular complexity index is 966. The lowest BCUT2D eigenvalue weighted by atomic mass is 9.77. The zero-order valence-electron chi connectivity index (χ0n) is 16.1. The number of rotatable bonds is 5. The fourth-order valence-electron chi connectivity index (χ4n) is 4.13. The molecule has 1 unspecified atom stereocenters. The van der Waals surface area contributed by atoms with Crippen LogP contribution in [0.25, 0.3) is 10.9 Å². The second-order valence-corrected chi connectivity index (χ2v) is 6.89. The smallest absolute Gasteiger partial charge is 0.460 e. The average molecular weight is 410 g/mol. The predicted octanol–water partition coefficient (Wildman–Crippen LogP) is 3.24. The summed E-state index contributed by atoms with van der Waals surface area (Å²) >= 11 is 0. The number of esters is 1. The van der Waals surface area contributed by atoms with Crippen molar-refractivity contribution in [3.05, 3.63) is 35.5 Å². The summed E-state index contributed by atoms with van der Waals surface area (Å²) < 4.78 is 45.0. The fraction of sp³-hybridized carbons (Fsp3) is 0.450. The van der Waals surface area contributed by atoms with E-state index < -0.39 is 29.4 Å². The molecule has 0 spiro atoms. The van der Waals surface area contributed by atoms with Crippen molar-refractivity contribution in [1.29, 1.82) is 0 Å². The molecule has 0 saturated heterocycles. The third-order valence-electron chi connectivity index (χ3n) is 5.21. The van der Waals surface area contributed by atoms with Gasteiger partial charge in [0.15, 0.2) is 5.54 Å². The number of nitrogens with zero attached hydrogens (tertiary/aromatic N) is 1. The first-order valence-corrected chi connectivity index (χ1v) is 9.38. The number of hydrogen-bond donors (Lipinski definition) is 1. The van der Waals surface area contributed by atoms with Crippen molar-refractivity contribution in [2.45, 2.75) is 44.8 Å². The number of nitrogens with one attached hydrogen (secondary N) is 1. The van der Waals surface area contributed by atoms with Gasteiger partial charge >= 0.3 is 18.1 Å². The number of benzene rings is 1. The van der Waals surface area contributed by atoms with Crippen molar-refractivity contribution in [2.75, 3.05) is 13.2 Å². The molecule has 6 nitrogen and oxygen atoms in total. The number of Topliss-reactive ketones (excluding diaryl/α,β-unsaturated/α-hetero) is 1. The van der Waals surface area contributed by atoms with Gasteiger partial charge in [-0.3, -0.25) is 9.59 Å². The standard InChI is InChI=1S/C20H21F3N2O4/c1-3-10-19(16(26)17(27)29-4-2)15-13(12-7-5-6-8-14(12)24-15)9-11-25(19)18(28)20(21,22)23/h5-8,24H,3-4,9-11H2,1-2H3. The Hall–Kier alpha value is -2.84. The predicted molar refractivity (Wildman–Crippen MR) is 98.0 cm³/mol. The zero-order chi connectivity index (χ0) is 21.4. The monoisotopic (exact) mass is 410 g/mol. The molecule has 0 saturated carbocycles. The van der Waals surface area contributed by atoms with Gasteiger partial charge in [0, 0.05) is 17.4 Å². The van der Waals surface area contributed by atoms with E-state index in [1.54, 1.807) is 31.2 Å². The molecule has 156 valence electrons. The highest BCUT2D eigenvalue weighted by molar-refractivity contribution is 6.37. The minimum Gasteiger partial charge on any atom is -0.460 e. The molecule has 2 aromatic rings. The molecule has 0 radical (unpaired) electrons. The molecule has 1 aliphatic rings. The Morgan fingerprint density at radius 3 is 2.52 bits per heavy atom. The van der Waals surface area contributed by atoms with E-state index in [9.17, 15) is 27.6 Å². The molecule has 0 aliphatic carbocycles. The van der Waals surface area contributed by atoms with Gasteiger partial charge in [0.1, 0.15) is 0 Å². The molecule has 2 heterocycles. The van der Waals surface area contributed by atoms with Crippen LogP contribution in [0, 0.1) is 0 Å². The molecule has 1 atom stereocenters. The van der Waals surface area contributed by atoms with Gasteiger partial charge < -0.3 is 14.6 Å². The summed E-state index contributed by atoms with van der Waals surface area (Å²) in [5, 5.41) is 0.749. The lowest BCUT2D eigenvalue weighted by Gasteiger charge is -2.45. The number of hydrogen-bond acceptors (Lipinski definition) is 4. The number of aromatic nitrogens is 1. The average Bonchev–Trinajstić information content (AvgIpc) is 3.06. The van der Waals surface area contributed by atoms with E-state index >= 15 is 0 Å². The number of aromatic amines is 1. The van der Waals surface area contributed by atoms with Crippen LogP contribution >= 0.6 is 0 Å². The summed E-state index contributed by atoms with van der Waals surface area (Å²) in [6, 6.07) is 7.04. The molecule has 1 N–H and O–H groups in total. The summed E-state index contributed by atoms with van der Waals surface area (Å²) in [5.74, 6) is -4.58. The van der Waals surface area contributed by atoms with Gasteiger partial charge in [-0.1, -0.05) is 31.5 Å². The van der Waals surface area contributed by atoms with Crippen LogP contribution in [0.15, 0.2) is 24.3 Å². The van der Waals surface area contributed by atoms with Gasteiger partial charge in [-0.25, -0.2) is 4.79 Å². The van der Waals surface area contributed by atoms with Crippen LogP contribution in [0.2, 0.25) is 0 Å². The van der Waals surface area contributed by atoms with E-state index in [-0.39, 0.29) is 38.1 Å². The van der Waals surface area contributed by atoms with Gasteiger partial charge in [0.05, 0.1) is 12.3 Å². The first-order valence-electron chi connectivity index (χ1n) is 9.38. The number of amides is 1. The highest BCUT2D eigenvalue weighted by atomic mass is 19.4. The summed E-state index contributed by atoms with van der Waals surface area (Å²) in [5.41, 5.74) is -0.684. The van der Waals surface area contributed by atoms with Gasteiger partial charge in [0.2, 0.25) is 0 Å². The van der Waals surface area contributed by atoms with Crippen LogP contribution in [0.5, 0.6) is 0 Å². The minimum atomic E-state index is -5.18.